The molecule has 0 heterocycles. The molecular weight excluding hydrogens is 306 g/mol. The van der Waals surface area contributed by atoms with Crippen LogP contribution in [-0.2, 0) is 6.54 Å². The molecule has 0 aromatic heterocycles. The molecule has 0 spiro atoms. The number of aliphatic imine (C=N–C) groups is 1. The molecule has 1 saturated carbocycles. The smallest absolute Gasteiger partial charge is 0.200 e. The van der Waals surface area contributed by atoms with Crippen LogP contribution in [0.2, 0.25) is 0 Å². The predicted molar refractivity (Wildman–Crippen MR) is 96.0 cm³/mol. The lowest BCUT2D eigenvalue weighted by atomic mass is 9.96. The van der Waals surface area contributed by atoms with Crippen LogP contribution in [0.3, 0.4) is 0 Å². The van der Waals surface area contributed by atoms with E-state index in [2.05, 4.69) is 22.5 Å². The summed E-state index contributed by atoms with van der Waals surface area (Å²) in [7, 11) is 3.05. The summed E-state index contributed by atoms with van der Waals surface area (Å²) < 4.78 is 10.4. The molecule has 6 nitrogen and oxygen atoms in total. The van der Waals surface area contributed by atoms with Gasteiger partial charge >= 0.3 is 0 Å². The molecule has 0 amide bonds. The van der Waals surface area contributed by atoms with Gasteiger partial charge in [-0.3, -0.25) is 0 Å². The van der Waals surface area contributed by atoms with Crippen LogP contribution in [0.5, 0.6) is 17.2 Å². The van der Waals surface area contributed by atoms with E-state index in [1.165, 1.54) is 46.3 Å². The summed E-state index contributed by atoms with van der Waals surface area (Å²) in [6.45, 7) is 3.36. The summed E-state index contributed by atoms with van der Waals surface area (Å²) in [5.74, 6) is 1.63. The summed E-state index contributed by atoms with van der Waals surface area (Å²) in [5.41, 5.74) is 0.919. The standard InChI is InChI=1S/C18H29N3O3/c1-4-19-18(21-14-8-6-5-7-9-14)20-12-13-10-15(23-2)17(22)16(11-13)24-3/h10-11,14,22H,4-9,12H2,1-3H3,(H2,19,20,21). The highest BCUT2D eigenvalue weighted by atomic mass is 16.5. The van der Waals surface area contributed by atoms with Gasteiger partial charge < -0.3 is 25.2 Å². The molecule has 1 aliphatic rings. The molecule has 1 aromatic carbocycles. The lowest BCUT2D eigenvalue weighted by Gasteiger charge is -2.24. The summed E-state index contributed by atoms with van der Waals surface area (Å²) in [5, 5.41) is 16.8. The Morgan fingerprint density at radius 3 is 2.33 bits per heavy atom. The summed E-state index contributed by atoms with van der Waals surface area (Å²) >= 11 is 0. The van der Waals surface area contributed by atoms with E-state index in [1.807, 2.05) is 0 Å². The van der Waals surface area contributed by atoms with Crippen molar-refractivity contribution in [1.82, 2.24) is 10.6 Å². The Kier molecular flexibility index (Phi) is 7.03. The lowest BCUT2D eigenvalue weighted by Crippen LogP contribution is -2.44. The molecule has 1 aromatic rings. The number of phenolic OH excluding ortho intramolecular Hbond substituents is 1. The molecule has 134 valence electrons. The van der Waals surface area contributed by atoms with Crippen molar-refractivity contribution in [2.75, 3.05) is 20.8 Å². The molecule has 0 radical (unpaired) electrons. The summed E-state index contributed by atoms with van der Waals surface area (Å²) in [6.07, 6.45) is 6.29. The lowest BCUT2D eigenvalue weighted by molar-refractivity contribution is 0.339. The third kappa shape index (κ3) is 4.94. The van der Waals surface area contributed by atoms with Gasteiger partial charge in [-0.15, -0.1) is 0 Å². The highest BCUT2D eigenvalue weighted by molar-refractivity contribution is 5.80. The first-order valence-corrected chi connectivity index (χ1v) is 8.66. The van der Waals surface area contributed by atoms with Crippen molar-refractivity contribution < 1.29 is 14.6 Å². The summed E-state index contributed by atoms with van der Waals surface area (Å²) in [4.78, 5) is 4.66. The van der Waals surface area contributed by atoms with Gasteiger partial charge in [-0.1, -0.05) is 19.3 Å². The number of nitrogens with one attached hydrogen (secondary N) is 2. The minimum Gasteiger partial charge on any atom is -0.502 e. The maximum Gasteiger partial charge on any atom is 0.200 e. The molecule has 1 fully saturated rings. The van der Waals surface area contributed by atoms with Crippen LogP contribution >= 0.6 is 0 Å². The third-order valence-electron chi connectivity index (χ3n) is 4.25. The molecule has 24 heavy (non-hydrogen) atoms. The molecule has 0 bridgehead atoms. The Morgan fingerprint density at radius 1 is 1.17 bits per heavy atom. The topological polar surface area (TPSA) is 75.1 Å². The van der Waals surface area contributed by atoms with Gasteiger partial charge in [0.1, 0.15) is 0 Å². The van der Waals surface area contributed by atoms with Gasteiger partial charge in [0.15, 0.2) is 17.5 Å². The Hall–Kier alpha value is -2.11. The second-order valence-electron chi connectivity index (χ2n) is 6.02. The van der Waals surface area contributed by atoms with Gasteiger partial charge in [-0.2, -0.15) is 0 Å². The molecule has 0 unspecified atom stereocenters. The fourth-order valence-electron chi connectivity index (χ4n) is 2.97. The number of nitrogens with zero attached hydrogens (tertiary/aromatic N) is 1. The molecule has 3 N–H and O–H groups in total. The van der Waals surface area contributed by atoms with Crippen LogP contribution in [-0.4, -0.2) is 37.9 Å². The van der Waals surface area contributed by atoms with Gasteiger partial charge in [0.2, 0.25) is 5.75 Å². The van der Waals surface area contributed by atoms with Gasteiger partial charge in [0, 0.05) is 12.6 Å². The highest BCUT2D eigenvalue weighted by Crippen LogP contribution is 2.37. The number of rotatable bonds is 6. The van der Waals surface area contributed by atoms with Crippen molar-refractivity contribution in [3.05, 3.63) is 17.7 Å². The highest BCUT2D eigenvalue weighted by Gasteiger charge is 2.15. The number of hydrogen-bond donors (Lipinski definition) is 3. The fourth-order valence-corrected chi connectivity index (χ4v) is 2.97. The third-order valence-corrected chi connectivity index (χ3v) is 4.25. The SMILES string of the molecule is CCNC(=NCc1cc(OC)c(O)c(OC)c1)NC1CCCCC1. The van der Waals surface area contributed by atoms with Crippen molar-refractivity contribution in [3.63, 3.8) is 0 Å². The van der Waals surface area contributed by atoms with E-state index in [-0.39, 0.29) is 5.75 Å². The number of aromatic hydroxyl groups is 1. The first-order chi connectivity index (χ1) is 11.7. The second kappa shape index (κ2) is 9.25. The average molecular weight is 335 g/mol. The molecule has 2 rings (SSSR count). The zero-order valence-electron chi connectivity index (χ0n) is 14.9. The van der Waals surface area contributed by atoms with Gasteiger partial charge in [0.05, 0.1) is 20.8 Å². The number of guanidine groups is 1. The van der Waals surface area contributed by atoms with Crippen LogP contribution < -0.4 is 20.1 Å². The predicted octanol–water partition coefficient (Wildman–Crippen LogP) is 2.80. The van der Waals surface area contributed by atoms with E-state index in [0.29, 0.717) is 24.1 Å². The first-order valence-electron chi connectivity index (χ1n) is 8.66. The van der Waals surface area contributed by atoms with Crippen LogP contribution in [0.25, 0.3) is 0 Å². The molecule has 0 saturated heterocycles. The molecule has 0 atom stereocenters. The molecular formula is C18H29N3O3. The minimum absolute atomic E-state index is 0.0139. The van der Waals surface area contributed by atoms with Crippen LogP contribution in [0.4, 0.5) is 0 Å². The molecule has 0 aliphatic heterocycles. The molecule has 6 heteroatoms. The van der Waals surface area contributed by atoms with E-state index in [0.717, 1.165) is 18.1 Å². The Bertz CT molecular complexity index is 529. The van der Waals surface area contributed by atoms with Gasteiger partial charge in [-0.25, -0.2) is 4.99 Å². The monoisotopic (exact) mass is 335 g/mol. The Morgan fingerprint density at radius 2 is 1.79 bits per heavy atom. The van der Waals surface area contributed by atoms with Crippen molar-refractivity contribution in [2.45, 2.75) is 51.6 Å². The minimum atomic E-state index is 0.0139. The number of hydrogen-bond acceptors (Lipinski definition) is 4. The largest absolute Gasteiger partial charge is 0.502 e. The number of phenols is 1. The van der Waals surface area contributed by atoms with E-state index >= 15 is 0 Å². The maximum atomic E-state index is 9.98. The Labute approximate surface area is 144 Å². The van der Waals surface area contributed by atoms with Crippen LogP contribution in [0.15, 0.2) is 17.1 Å². The molecule has 1 aliphatic carbocycles. The fraction of sp³-hybridized carbons (Fsp3) is 0.611. The van der Waals surface area contributed by atoms with Crippen molar-refractivity contribution >= 4 is 5.96 Å². The van der Waals surface area contributed by atoms with Crippen molar-refractivity contribution in [1.29, 1.82) is 0 Å². The maximum absolute atomic E-state index is 9.98. The normalized spacial score (nSPS) is 15.9. The van der Waals surface area contributed by atoms with Crippen molar-refractivity contribution in [3.8, 4) is 17.2 Å². The average Bonchev–Trinajstić information content (AvgIpc) is 2.61. The van der Waals surface area contributed by atoms with Gasteiger partial charge in [0.25, 0.3) is 0 Å². The zero-order chi connectivity index (χ0) is 17.4. The van der Waals surface area contributed by atoms with E-state index in [9.17, 15) is 5.11 Å². The first kappa shape index (κ1) is 18.2. The van der Waals surface area contributed by atoms with Crippen molar-refractivity contribution in [2.24, 2.45) is 4.99 Å². The quantitative estimate of drug-likeness (QED) is 0.550. The van der Waals surface area contributed by atoms with Crippen LogP contribution in [0, 0.1) is 0 Å². The van der Waals surface area contributed by atoms with Crippen LogP contribution in [0.1, 0.15) is 44.6 Å². The van der Waals surface area contributed by atoms with E-state index in [4.69, 9.17) is 9.47 Å². The van der Waals surface area contributed by atoms with Gasteiger partial charge in [-0.05, 0) is 37.5 Å². The Balaban J connectivity index is 2.09. The summed E-state index contributed by atoms with van der Waals surface area (Å²) in [6, 6.07) is 4.07. The van der Waals surface area contributed by atoms with E-state index in [1.54, 1.807) is 12.1 Å². The van der Waals surface area contributed by atoms with E-state index < -0.39 is 0 Å². The number of benzene rings is 1. The zero-order valence-corrected chi connectivity index (χ0v) is 14.9. The second-order valence-corrected chi connectivity index (χ2v) is 6.02. The number of ether oxygens (including phenoxy) is 2. The number of methoxy groups -OCH3 is 2.